The Morgan fingerprint density at radius 2 is 1.89 bits per heavy atom. The van der Waals surface area contributed by atoms with E-state index in [0.29, 0.717) is 0 Å². The standard InChI is InChI=1S/C12H13F3O4/c13-12(14,15)9-2-1-8(19-9)11(10(17)18)5-3-7(16)4-6-11/h1-2,7,16H,3-6H2,(H,17,18). The first kappa shape index (κ1) is 13.9. The zero-order chi connectivity index (χ0) is 14.3. The molecular formula is C12H13F3O4. The van der Waals surface area contributed by atoms with Crippen LogP contribution in [0.1, 0.15) is 37.2 Å². The van der Waals surface area contributed by atoms with Crippen molar-refractivity contribution in [2.24, 2.45) is 0 Å². The first-order valence-electron chi connectivity index (χ1n) is 5.85. The summed E-state index contributed by atoms with van der Waals surface area (Å²) in [6.45, 7) is 0. The lowest BCUT2D eigenvalue weighted by Gasteiger charge is -2.33. The second-order valence-electron chi connectivity index (χ2n) is 4.78. The first-order valence-corrected chi connectivity index (χ1v) is 5.85. The molecule has 0 radical (unpaired) electrons. The number of carbonyl (C=O) groups is 1. The molecule has 2 N–H and O–H groups in total. The van der Waals surface area contributed by atoms with Crippen LogP contribution in [0.4, 0.5) is 13.2 Å². The lowest BCUT2D eigenvalue weighted by atomic mass is 9.71. The van der Waals surface area contributed by atoms with E-state index in [1.54, 1.807) is 0 Å². The highest BCUT2D eigenvalue weighted by Gasteiger charge is 2.47. The number of furan rings is 1. The molecule has 1 saturated carbocycles. The van der Waals surface area contributed by atoms with Gasteiger partial charge in [0.1, 0.15) is 11.2 Å². The van der Waals surface area contributed by atoms with Crippen molar-refractivity contribution in [3.63, 3.8) is 0 Å². The van der Waals surface area contributed by atoms with E-state index >= 15 is 0 Å². The molecule has 1 aliphatic rings. The fourth-order valence-corrected chi connectivity index (χ4v) is 2.41. The zero-order valence-electron chi connectivity index (χ0n) is 9.91. The van der Waals surface area contributed by atoms with Gasteiger partial charge in [-0.2, -0.15) is 13.2 Å². The molecule has 0 atom stereocenters. The third-order valence-corrected chi connectivity index (χ3v) is 3.58. The monoisotopic (exact) mass is 278 g/mol. The molecule has 0 bridgehead atoms. The lowest BCUT2D eigenvalue weighted by Crippen LogP contribution is -2.40. The summed E-state index contributed by atoms with van der Waals surface area (Å²) in [5.74, 6) is -2.61. The topological polar surface area (TPSA) is 70.7 Å². The van der Waals surface area contributed by atoms with Gasteiger partial charge in [0.15, 0.2) is 0 Å². The van der Waals surface area contributed by atoms with Gasteiger partial charge in [0.25, 0.3) is 0 Å². The van der Waals surface area contributed by atoms with E-state index in [0.717, 1.165) is 12.1 Å². The van der Waals surface area contributed by atoms with Crippen LogP contribution < -0.4 is 0 Å². The van der Waals surface area contributed by atoms with Crippen LogP contribution in [-0.2, 0) is 16.4 Å². The van der Waals surface area contributed by atoms with Crippen LogP contribution in [-0.4, -0.2) is 22.3 Å². The van der Waals surface area contributed by atoms with Crippen LogP contribution in [0.5, 0.6) is 0 Å². The van der Waals surface area contributed by atoms with Crippen molar-refractivity contribution >= 4 is 5.97 Å². The number of aliphatic hydroxyl groups is 1. The number of rotatable bonds is 2. The molecule has 0 amide bonds. The van der Waals surface area contributed by atoms with Gasteiger partial charge in [0, 0.05) is 0 Å². The maximum Gasteiger partial charge on any atom is 0.449 e. The van der Waals surface area contributed by atoms with Crippen molar-refractivity contribution in [2.75, 3.05) is 0 Å². The molecule has 19 heavy (non-hydrogen) atoms. The quantitative estimate of drug-likeness (QED) is 0.872. The van der Waals surface area contributed by atoms with Crippen LogP contribution in [0.2, 0.25) is 0 Å². The Morgan fingerprint density at radius 1 is 1.32 bits per heavy atom. The van der Waals surface area contributed by atoms with Crippen LogP contribution in [0.25, 0.3) is 0 Å². The maximum atomic E-state index is 12.5. The molecule has 0 saturated heterocycles. The van der Waals surface area contributed by atoms with Gasteiger partial charge in [0.2, 0.25) is 5.76 Å². The minimum atomic E-state index is -4.63. The Bertz CT molecular complexity index is 470. The SMILES string of the molecule is O=C(O)C1(c2ccc(C(F)(F)F)o2)CCC(O)CC1. The number of carboxylic acids is 1. The summed E-state index contributed by atoms with van der Waals surface area (Å²) < 4.78 is 42.1. The summed E-state index contributed by atoms with van der Waals surface area (Å²) in [5, 5.41) is 18.7. The fourth-order valence-electron chi connectivity index (χ4n) is 2.41. The summed E-state index contributed by atoms with van der Waals surface area (Å²) in [6.07, 6.45) is -4.65. The van der Waals surface area contributed by atoms with Crippen LogP contribution >= 0.6 is 0 Å². The van der Waals surface area contributed by atoms with Gasteiger partial charge in [-0.05, 0) is 37.8 Å². The Balaban J connectivity index is 2.35. The largest absolute Gasteiger partial charge is 0.480 e. The van der Waals surface area contributed by atoms with Crippen molar-refractivity contribution in [3.05, 3.63) is 23.7 Å². The highest BCUT2D eigenvalue weighted by atomic mass is 19.4. The van der Waals surface area contributed by atoms with Crippen molar-refractivity contribution in [3.8, 4) is 0 Å². The number of hydrogen-bond acceptors (Lipinski definition) is 3. The van der Waals surface area contributed by atoms with E-state index in [1.165, 1.54) is 0 Å². The molecule has 1 heterocycles. The Kier molecular flexibility index (Phi) is 3.34. The van der Waals surface area contributed by atoms with Gasteiger partial charge in [-0.25, -0.2) is 0 Å². The lowest BCUT2D eigenvalue weighted by molar-refractivity contribution is -0.156. The average Bonchev–Trinajstić information content (AvgIpc) is 2.79. The fraction of sp³-hybridized carbons (Fsp3) is 0.583. The number of halogens is 3. The van der Waals surface area contributed by atoms with E-state index < -0.39 is 29.4 Å². The van der Waals surface area contributed by atoms with Crippen molar-refractivity contribution in [2.45, 2.75) is 43.4 Å². The predicted octanol–water partition coefficient (Wildman–Crippen LogP) is 2.56. The molecule has 0 spiro atoms. The maximum absolute atomic E-state index is 12.5. The summed E-state index contributed by atoms with van der Waals surface area (Å²) >= 11 is 0. The normalized spacial score (nSPS) is 28.3. The highest BCUT2D eigenvalue weighted by Crippen LogP contribution is 2.42. The molecule has 7 heteroatoms. The van der Waals surface area contributed by atoms with E-state index in [9.17, 15) is 28.2 Å². The summed E-state index contributed by atoms with van der Waals surface area (Å²) in [4.78, 5) is 11.4. The second kappa shape index (κ2) is 4.56. The highest BCUT2D eigenvalue weighted by molar-refractivity contribution is 5.80. The number of aliphatic hydroxyl groups excluding tert-OH is 1. The van der Waals surface area contributed by atoms with Gasteiger partial charge in [-0.15, -0.1) is 0 Å². The zero-order valence-corrected chi connectivity index (χ0v) is 9.91. The molecule has 0 unspecified atom stereocenters. The van der Waals surface area contributed by atoms with E-state index in [2.05, 4.69) is 0 Å². The Labute approximate surface area is 106 Å². The molecule has 106 valence electrons. The van der Waals surface area contributed by atoms with Crippen molar-refractivity contribution in [1.82, 2.24) is 0 Å². The minimum Gasteiger partial charge on any atom is -0.480 e. The summed E-state index contributed by atoms with van der Waals surface area (Å²) in [7, 11) is 0. The molecule has 1 aromatic rings. The van der Waals surface area contributed by atoms with E-state index in [-0.39, 0.29) is 31.4 Å². The molecule has 4 nitrogen and oxygen atoms in total. The average molecular weight is 278 g/mol. The van der Waals surface area contributed by atoms with Gasteiger partial charge < -0.3 is 14.6 Å². The number of aliphatic carboxylic acids is 1. The third-order valence-electron chi connectivity index (χ3n) is 3.58. The Morgan fingerprint density at radius 3 is 2.32 bits per heavy atom. The molecule has 0 aliphatic heterocycles. The molecule has 2 rings (SSSR count). The molecular weight excluding hydrogens is 265 g/mol. The number of hydrogen-bond donors (Lipinski definition) is 2. The molecule has 1 fully saturated rings. The predicted molar refractivity (Wildman–Crippen MR) is 57.5 cm³/mol. The van der Waals surface area contributed by atoms with Crippen LogP contribution in [0.15, 0.2) is 16.5 Å². The summed E-state index contributed by atoms with van der Waals surface area (Å²) in [6, 6.07) is 1.81. The van der Waals surface area contributed by atoms with Gasteiger partial charge in [-0.1, -0.05) is 0 Å². The van der Waals surface area contributed by atoms with E-state index in [1.807, 2.05) is 0 Å². The molecule has 1 aromatic heterocycles. The smallest absolute Gasteiger partial charge is 0.449 e. The van der Waals surface area contributed by atoms with Crippen LogP contribution in [0, 0.1) is 0 Å². The van der Waals surface area contributed by atoms with E-state index in [4.69, 9.17) is 4.42 Å². The van der Waals surface area contributed by atoms with Crippen molar-refractivity contribution in [1.29, 1.82) is 0 Å². The molecule has 1 aliphatic carbocycles. The van der Waals surface area contributed by atoms with Crippen LogP contribution in [0.3, 0.4) is 0 Å². The van der Waals surface area contributed by atoms with Gasteiger partial charge in [0.05, 0.1) is 6.10 Å². The van der Waals surface area contributed by atoms with Crippen molar-refractivity contribution < 1.29 is 32.6 Å². The first-order chi connectivity index (χ1) is 8.75. The third kappa shape index (κ3) is 2.47. The van der Waals surface area contributed by atoms with Gasteiger partial charge >= 0.3 is 12.1 Å². The van der Waals surface area contributed by atoms with Gasteiger partial charge in [-0.3, -0.25) is 4.79 Å². The second-order valence-corrected chi connectivity index (χ2v) is 4.78. The number of alkyl halides is 3. The number of carboxylic acid groups (broad SMARTS) is 1. The summed E-state index contributed by atoms with van der Waals surface area (Å²) in [5.41, 5.74) is -1.47. The minimum absolute atomic E-state index is 0.0638. The Hall–Kier alpha value is -1.50. The molecule has 0 aromatic carbocycles.